The lowest BCUT2D eigenvalue weighted by atomic mass is 10.1. The summed E-state index contributed by atoms with van der Waals surface area (Å²) in [6, 6.07) is 5.17. The van der Waals surface area contributed by atoms with Gasteiger partial charge in [0.15, 0.2) is 0 Å². The second-order valence-electron chi connectivity index (χ2n) is 4.96. The molecule has 0 radical (unpaired) electrons. The van der Waals surface area contributed by atoms with Crippen LogP contribution in [0.1, 0.15) is 18.2 Å². The van der Waals surface area contributed by atoms with E-state index >= 15 is 0 Å². The Balaban J connectivity index is 1.74. The van der Waals surface area contributed by atoms with Crippen LogP contribution in [0.4, 0.5) is 13.2 Å². The Kier molecular flexibility index (Phi) is 3.55. The van der Waals surface area contributed by atoms with Gasteiger partial charge in [-0.05, 0) is 12.1 Å². The third-order valence-electron chi connectivity index (χ3n) is 3.27. The van der Waals surface area contributed by atoms with Crippen molar-refractivity contribution < 1.29 is 22.5 Å². The molecule has 0 aromatic carbocycles. The number of pyridine rings is 1. The van der Waals surface area contributed by atoms with Crippen LogP contribution in [0.25, 0.3) is 11.5 Å². The molecule has 9 heteroatoms. The van der Waals surface area contributed by atoms with Gasteiger partial charge in [0.25, 0.3) is 0 Å². The van der Waals surface area contributed by atoms with Gasteiger partial charge in [-0.25, -0.2) is 0 Å². The first-order valence-corrected chi connectivity index (χ1v) is 6.52. The molecule has 22 heavy (non-hydrogen) atoms. The fourth-order valence-corrected chi connectivity index (χ4v) is 2.31. The van der Waals surface area contributed by atoms with Crippen LogP contribution >= 0.6 is 0 Å². The van der Waals surface area contributed by atoms with Crippen LogP contribution in [-0.4, -0.2) is 45.2 Å². The van der Waals surface area contributed by atoms with E-state index in [2.05, 4.69) is 15.1 Å². The number of alkyl halides is 3. The number of aromatic nitrogens is 3. The van der Waals surface area contributed by atoms with Crippen molar-refractivity contribution in [3.8, 4) is 11.5 Å². The Morgan fingerprint density at radius 2 is 2.18 bits per heavy atom. The molecule has 1 amide bonds. The summed E-state index contributed by atoms with van der Waals surface area (Å²) >= 11 is 0. The molecular weight excluding hydrogens is 301 g/mol. The van der Waals surface area contributed by atoms with Gasteiger partial charge >= 0.3 is 6.18 Å². The molecule has 0 spiro atoms. The predicted molar refractivity (Wildman–Crippen MR) is 67.5 cm³/mol. The molecule has 0 aliphatic carbocycles. The number of hydrogen-bond acceptors (Lipinski definition) is 5. The number of halogens is 3. The zero-order valence-corrected chi connectivity index (χ0v) is 11.2. The second kappa shape index (κ2) is 5.39. The van der Waals surface area contributed by atoms with Crippen LogP contribution in [0.5, 0.6) is 0 Å². The number of hydrogen-bond donors (Lipinski definition) is 0. The van der Waals surface area contributed by atoms with Crippen molar-refractivity contribution in [3.05, 3.63) is 30.3 Å². The standard InChI is InChI=1S/C13H11F3N4O2/c14-13(15,16)7-20-6-8(5-10(20)21)12-18-11(19-22-12)9-3-1-2-4-17-9/h1-4,8H,5-7H2/t8-/m1/s1. The highest BCUT2D eigenvalue weighted by molar-refractivity contribution is 5.79. The smallest absolute Gasteiger partial charge is 0.339 e. The van der Waals surface area contributed by atoms with Gasteiger partial charge < -0.3 is 9.42 Å². The van der Waals surface area contributed by atoms with E-state index in [1.54, 1.807) is 24.4 Å². The topological polar surface area (TPSA) is 72.1 Å². The van der Waals surface area contributed by atoms with Gasteiger partial charge in [-0.1, -0.05) is 11.2 Å². The lowest BCUT2D eigenvalue weighted by Gasteiger charge is -2.17. The number of nitrogens with zero attached hydrogens (tertiary/aromatic N) is 4. The van der Waals surface area contributed by atoms with Gasteiger partial charge in [0.2, 0.25) is 17.6 Å². The molecule has 3 rings (SSSR count). The van der Waals surface area contributed by atoms with E-state index in [4.69, 9.17) is 4.52 Å². The van der Waals surface area contributed by atoms with Crippen LogP contribution < -0.4 is 0 Å². The van der Waals surface area contributed by atoms with E-state index in [-0.39, 0.29) is 24.7 Å². The van der Waals surface area contributed by atoms with Crippen molar-refractivity contribution in [2.45, 2.75) is 18.5 Å². The Morgan fingerprint density at radius 3 is 2.86 bits per heavy atom. The number of carbonyl (C=O) groups is 1. The third kappa shape index (κ3) is 3.07. The van der Waals surface area contributed by atoms with Crippen molar-refractivity contribution >= 4 is 5.91 Å². The van der Waals surface area contributed by atoms with Gasteiger partial charge in [-0.2, -0.15) is 18.2 Å². The molecule has 3 heterocycles. The van der Waals surface area contributed by atoms with Crippen molar-refractivity contribution in [1.82, 2.24) is 20.0 Å². The average Bonchev–Trinajstić information content (AvgIpc) is 3.06. The van der Waals surface area contributed by atoms with Crippen molar-refractivity contribution in [2.24, 2.45) is 0 Å². The van der Waals surface area contributed by atoms with Gasteiger partial charge in [-0.3, -0.25) is 9.78 Å². The molecule has 116 valence electrons. The van der Waals surface area contributed by atoms with Crippen molar-refractivity contribution in [3.63, 3.8) is 0 Å². The molecule has 1 atom stereocenters. The highest BCUT2D eigenvalue weighted by Crippen LogP contribution is 2.30. The van der Waals surface area contributed by atoms with Crippen molar-refractivity contribution in [1.29, 1.82) is 0 Å². The summed E-state index contributed by atoms with van der Waals surface area (Å²) in [4.78, 5) is 20.6. The van der Waals surface area contributed by atoms with E-state index in [1.165, 1.54) is 0 Å². The summed E-state index contributed by atoms with van der Waals surface area (Å²) in [5, 5.41) is 3.76. The number of carbonyl (C=O) groups excluding carboxylic acids is 1. The summed E-state index contributed by atoms with van der Waals surface area (Å²) in [7, 11) is 0. The molecule has 1 fully saturated rings. The largest absolute Gasteiger partial charge is 0.406 e. The number of rotatable bonds is 3. The Bertz CT molecular complexity index is 671. The molecule has 1 aliphatic heterocycles. The minimum atomic E-state index is -4.42. The van der Waals surface area contributed by atoms with Crippen molar-refractivity contribution in [2.75, 3.05) is 13.1 Å². The van der Waals surface area contributed by atoms with Crippen LogP contribution in [0, 0.1) is 0 Å². The van der Waals surface area contributed by atoms with E-state index in [1.807, 2.05) is 0 Å². The normalized spacial score (nSPS) is 19.0. The maximum Gasteiger partial charge on any atom is 0.406 e. The summed E-state index contributed by atoms with van der Waals surface area (Å²) in [6.07, 6.45) is -2.92. The maximum atomic E-state index is 12.4. The number of likely N-dealkylation sites (tertiary alicyclic amines) is 1. The summed E-state index contributed by atoms with van der Waals surface area (Å²) in [5.74, 6) is -0.698. The predicted octanol–water partition coefficient (Wildman–Crippen LogP) is 2.01. The van der Waals surface area contributed by atoms with Gasteiger partial charge in [0.05, 0.1) is 5.92 Å². The minimum Gasteiger partial charge on any atom is -0.339 e. The van der Waals surface area contributed by atoms with Crippen LogP contribution in [0.2, 0.25) is 0 Å². The van der Waals surface area contributed by atoms with Gasteiger partial charge in [0, 0.05) is 19.2 Å². The summed E-state index contributed by atoms with van der Waals surface area (Å²) in [5.41, 5.74) is 0.494. The third-order valence-corrected chi connectivity index (χ3v) is 3.27. The Hall–Kier alpha value is -2.45. The van der Waals surface area contributed by atoms with Crippen LogP contribution in [-0.2, 0) is 4.79 Å². The zero-order chi connectivity index (χ0) is 15.7. The van der Waals surface area contributed by atoms with Gasteiger partial charge in [-0.15, -0.1) is 0 Å². The lowest BCUT2D eigenvalue weighted by Crippen LogP contribution is -2.35. The van der Waals surface area contributed by atoms with E-state index in [0.29, 0.717) is 5.69 Å². The van der Waals surface area contributed by atoms with E-state index < -0.39 is 24.5 Å². The maximum absolute atomic E-state index is 12.4. The minimum absolute atomic E-state index is 0.0695. The SMILES string of the molecule is O=C1C[C@@H](c2nc(-c3ccccn3)no2)CN1CC(F)(F)F. The molecule has 0 saturated carbocycles. The Morgan fingerprint density at radius 1 is 1.36 bits per heavy atom. The molecule has 0 bridgehead atoms. The highest BCUT2D eigenvalue weighted by atomic mass is 19.4. The first kappa shape index (κ1) is 14.5. The molecule has 0 unspecified atom stereocenters. The molecule has 2 aromatic heterocycles. The summed E-state index contributed by atoms with van der Waals surface area (Å²) < 4.78 is 42.2. The lowest BCUT2D eigenvalue weighted by molar-refractivity contribution is -0.157. The highest BCUT2D eigenvalue weighted by Gasteiger charge is 2.40. The zero-order valence-electron chi connectivity index (χ0n) is 11.2. The number of amides is 1. The van der Waals surface area contributed by atoms with E-state index in [0.717, 1.165) is 4.90 Å². The molecule has 6 nitrogen and oxygen atoms in total. The molecule has 0 N–H and O–H groups in total. The quantitative estimate of drug-likeness (QED) is 0.867. The fraction of sp³-hybridized carbons (Fsp3) is 0.385. The monoisotopic (exact) mass is 312 g/mol. The fourth-order valence-electron chi connectivity index (χ4n) is 2.31. The molecular formula is C13H11F3N4O2. The molecule has 1 aliphatic rings. The second-order valence-corrected chi connectivity index (χ2v) is 4.96. The van der Waals surface area contributed by atoms with E-state index in [9.17, 15) is 18.0 Å². The van der Waals surface area contributed by atoms with Gasteiger partial charge in [0.1, 0.15) is 12.2 Å². The Labute approximate surface area is 122 Å². The molecule has 1 saturated heterocycles. The first-order chi connectivity index (χ1) is 10.4. The molecule has 2 aromatic rings. The first-order valence-electron chi connectivity index (χ1n) is 6.52. The summed E-state index contributed by atoms with van der Waals surface area (Å²) in [6.45, 7) is -1.34. The average molecular weight is 312 g/mol. The van der Waals surface area contributed by atoms with Crippen LogP contribution in [0.3, 0.4) is 0 Å². The van der Waals surface area contributed by atoms with Crippen LogP contribution in [0.15, 0.2) is 28.9 Å².